The van der Waals surface area contributed by atoms with E-state index in [4.69, 9.17) is 5.26 Å². The van der Waals surface area contributed by atoms with Gasteiger partial charge in [0.25, 0.3) is 0 Å². The lowest BCUT2D eigenvalue weighted by Gasteiger charge is -2.08. The Hall–Kier alpha value is -2.93. The highest BCUT2D eigenvalue weighted by molar-refractivity contribution is 5.82. The van der Waals surface area contributed by atoms with E-state index in [1.165, 1.54) is 12.1 Å². The van der Waals surface area contributed by atoms with Crippen LogP contribution in [0.3, 0.4) is 0 Å². The van der Waals surface area contributed by atoms with Crippen LogP contribution in [0.25, 0.3) is 10.9 Å². The Morgan fingerprint density at radius 1 is 1.10 bits per heavy atom. The summed E-state index contributed by atoms with van der Waals surface area (Å²) in [4.78, 5) is 4.33. The van der Waals surface area contributed by atoms with Crippen LogP contribution in [0.4, 0.5) is 15.8 Å². The molecule has 3 nitrogen and oxygen atoms in total. The fraction of sp³-hybridized carbons (Fsp3) is 0. The van der Waals surface area contributed by atoms with Gasteiger partial charge in [0, 0.05) is 5.39 Å². The molecule has 0 aliphatic carbocycles. The van der Waals surface area contributed by atoms with Crippen molar-refractivity contribution in [2.45, 2.75) is 0 Å². The van der Waals surface area contributed by atoms with Crippen molar-refractivity contribution in [1.82, 2.24) is 4.98 Å². The molecule has 0 radical (unpaired) electrons. The largest absolute Gasteiger partial charge is 0.353 e. The van der Waals surface area contributed by atoms with Crippen LogP contribution in [0.1, 0.15) is 5.56 Å². The topological polar surface area (TPSA) is 48.7 Å². The van der Waals surface area contributed by atoms with Crippen molar-refractivity contribution in [3.63, 3.8) is 0 Å². The molecule has 1 heterocycles. The average Bonchev–Trinajstić information content (AvgIpc) is 2.49. The van der Waals surface area contributed by atoms with Crippen LogP contribution >= 0.6 is 0 Å². The first-order chi connectivity index (χ1) is 9.76. The summed E-state index contributed by atoms with van der Waals surface area (Å²) in [5.41, 5.74) is 2.48. The third-order valence-electron chi connectivity index (χ3n) is 2.97. The molecule has 0 aliphatic heterocycles. The van der Waals surface area contributed by atoms with E-state index in [9.17, 15) is 4.39 Å². The zero-order chi connectivity index (χ0) is 13.9. The summed E-state index contributed by atoms with van der Waals surface area (Å²) in [5, 5.41) is 13.1. The molecule has 0 unspecified atom stereocenters. The van der Waals surface area contributed by atoms with Gasteiger partial charge in [-0.2, -0.15) is 5.26 Å². The fourth-order valence-corrected chi connectivity index (χ4v) is 2.01. The van der Waals surface area contributed by atoms with E-state index >= 15 is 0 Å². The van der Waals surface area contributed by atoms with Crippen molar-refractivity contribution in [2.24, 2.45) is 0 Å². The smallest absolute Gasteiger partial charge is 0.124 e. The minimum atomic E-state index is -0.427. The van der Waals surface area contributed by atoms with E-state index in [0.29, 0.717) is 5.69 Å². The highest BCUT2D eigenvalue weighted by atomic mass is 19.1. The van der Waals surface area contributed by atoms with Crippen LogP contribution in [0.2, 0.25) is 0 Å². The molecule has 3 rings (SSSR count). The SMILES string of the molecule is N#Cc1cc(F)ccc1Nc1cnc2ccccc2c1. The number of hydrogen-bond donors (Lipinski definition) is 1. The number of nitrogens with zero attached hydrogens (tertiary/aromatic N) is 2. The van der Waals surface area contributed by atoms with E-state index < -0.39 is 5.82 Å². The van der Waals surface area contributed by atoms with Gasteiger partial charge in [-0.3, -0.25) is 4.98 Å². The van der Waals surface area contributed by atoms with E-state index in [-0.39, 0.29) is 5.56 Å². The maximum Gasteiger partial charge on any atom is 0.124 e. The Balaban J connectivity index is 1.99. The summed E-state index contributed by atoms with van der Waals surface area (Å²) in [6.45, 7) is 0. The molecule has 2 aromatic carbocycles. The van der Waals surface area contributed by atoms with Gasteiger partial charge in [0.15, 0.2) is 0 Å². The Morgan fingerprint density at radius 2 is 1.95 bits per heavy atom. The molecule has 3 aromatic rings. The molecule has 1 N–H and O–H groups in total. The lowest BCUT2D eigenvalue weighted by molar-refractivity contribution is 0.627. The van der Waals surface area contributed by atoms with E-state index in [1.807, 2.05) is 36.4 Å². The molecule has 0 spiro atoms. The number of aromatic nitrogens is 1. The van der Waals surface area contributed by atoms with Crippen LogP contribution in [0, 0.1) is 17.1 Å². The molecule has 1 aromatic heterocycles. The van der Waals surface area contributed by atoms with Gasteiger partial charge in [0.2, 0.25) is 0 Å². The number of fused-ring (bicyclic) bond motifs is 1. The summed E-state index contributed by atoms with van der Waals surface area (Å²) < 4.78 is 13.1. The van der Waals surface area contributed by atoms with Gasteiger partial charge < -0.3 is 5.32 Å². The molecule has 0 aliphatic rings. The van der Waals surface area contributed by atoms with Gasteiger partial charge in [0.1, 0.15) is 11.9 Å². The third-order valence-corrected chi connectivity index (χ3v) is 2.97. The minimum absolute atomic E-state index is 0.262. The van der Waals surface area contributed by atoms with Crippen LogP contribution in [0.5, 0.6) is 0 Å². The van der Waals surface area contributed by atoms with Crippen molar-refractivity contribution in [3.8, 4) is 6.07 Å². The highest BCUT2D eigenvalue weighted by Crippen LogP contribution is 2.23. The van der Waals surface area contributed by atoms with E-state index in [1.54, 1.807) is 12.3 Å². The van der Waals surface area contributed by atoms with Gasteiger partial charge in [0.05, 0.1) is 28.7 Å². The number of halogens is 1. The number of pyridine rings is 1. The lowest BCUT2D eigenvalue weighted by atomic mass is 10.1. The van der Waals surface area contributed by atoms with Gasteiger partial charge in [-0.15, -0.1) is 0 Å². The highest BCUT2D eigenvalue weighted by Gasteiger charge is 2.05. The number of anilines is 2. The van der Waals surface area contributed by atoms with E-state index in [2.05, 4.69) is 10.3 Å². The van der Waals surface area contributed by atoms with Crippen molar-refractivity contribution >= 4 is 22.3 Å². The Kier molecular flexibility index (Phi) is 3.02. The summed E-state index contributed by atoms with van der Waals surface area (Å²) in [6, 6.07) is 15.7. The molecule has 96 valence electrons. The zero-order valence-corrected chi connectivity index (χ0v) is 10.5. The number of rotatable bonds is 2. The number of para-hydroxylation sites is 1. The number of benzene rings is 2. The molecule has 4 heteroatoms. The summed E-state index contributed by atoms with van der Waals surface area (Å²) >= 11 is 0. The van der Waals surface area contributed by atoms with Crippen LogP contribution in [-0.4, -0.2) is 4.98 Å². The maximum atomic E-state index is 13.1. The summed E-state index contributed by atoms with van der Waals surface area (Å²) in [5.74, 6) is -0.427. The first-order valence-electron chi connectivity index (χ1n) is 6.08. The fourth-order valence-electron chi connectivity index (χ4n) is 2.01. The first kappa shape index (κ1) is 12.1. The molecular weight excluding hydrogens is 253 g/mol. The van der Waals surface area contributed by atoms with Gasteiger partial charge in [-0.05, 0) is 30.3 Å². The quantitative estimate of drug-likeness (QED) is 0.760. The summed E-state index contributed by atoms with van der Waals surface area (Å²) in [6.07, 6.45) is 1.69. The molecule has 0 atom stereocenters. The Labute approximate surface area is 115 Å². The van der Waals surface area contributed by atoms with Gasteiger partial charge in [-0.25, -0.2) is 4.39 Å². The van der Waals surface area contributed by atoms with Crippen LogP contribution < -0.4 is 5.32 Å². The number of hydrogen-bond acceptors (Lipinski definition) is 3. The minimum Gasteiger partial charge on any atom is -0.353 e. The second kappa shape index (κ2) is 4.98. The Bertz CT molecular complexity index is 821. The maximum absolute atomic E-state index is 13.1. The van der Waals surface area contributed by atoms with Crippen molar-refractivity contribution in [3.05, 3.63) is 66.1 Å². The average molecular weight is 263 g/mol. The van der Waals surface area contributed by atoms with E-state index in [0.717, 1.165) is 16.6 Å². The molecule has 0 fully saturated rings. The standard InChI is InChI=1S/C16H10FN3/c17-13-5-6-16(12(7-13)9-18)20-14-8-11-3-1-2-4-15(11)19-10-14/h1-8,10,20H. The summed E-state index contributed by atoms with van der Waals surface area (Å²) in [7, 11) is 0. The van der Waals surface area contributed by atoms with Crippen LogP contribution in [0.15, 0.2) is 54.7 Å². The molecule has 0 saturated carbocycles. The second-order valence-electron chi connectivity index (χ2n) is 4.34. The van der Waals surface area contributed by atoms with Gasteiger partial charge in [-0.1, -0.05) is 18.2 Å². The normalized spacial score (nSPS) is 10.2. The second-order valence-corrected chi connectivity index (χ2v) is 4.34. The monoisotopic (exact) mass is 263 g/mol. The van der Waals surface area contributed by atoms with Crippen LogP contribution in [-0.2, 0) is 0 Å². The van der Waals surface area contributed by atoms with Crippen molar-refractivity contribution < 1.29 is 4.39 Å². The molecule has 20 heavy (non-hydrogen) atoms. The van der Waals surface area contributed by atoms with Crippen molar-refractivity contribution in [2.75, 3.05) is 5.32 Å². The molecule has 0 amide bonds. The number of nitrogens with one attached hydrogen (secondary N) is 1. The molecule has 0 saturated heterocycles. The number of nitriles is 1. The molecule has 0 bridgehead atoms. The van der Waals surface area contributed by atoms with Gasteiger partial charge >= 0.3 is 0 Å². The predicted octanol–water partition coefficient (Wildman–Crippen LogP) is 3.99. The van der Waals surface area contributed by atoms with Crippen molar-refractivity contribution in [1.29, 1.82) is 5.26 Å². The lowest BCUT2D eigenvalue weighted by Crippen LogP contribution is -1.95. The zero-order valence-electron chi connectivity index (χ0n) is 10.5. The molecular formula is C16H10FN3. The Morgan fingerprint density at radius 3 is 2.80 bits per heavy atom. The predicted molar refractivity (Wildman–Crippen MR) is 76.1 cm³/mol. The third kappa shape index (κ3) is 2.29. The first-order valence-corrected chi connectivity index (χ1v) is 6.08.